The van der Waals surface area contributed by atoms with E-state index in [0.29, 0.717) is 17.9 Å². The number of hydrogen-bond donors (Lipinski definition) is 2. The van der Waals surface area contributed by atoms with Gasteiger partial charge in [0.15, 0.2) is 0 Å². The van der Waals surface area contributed by atoms with Crippen LogP contribution in [0.25, 0.3) is 0 Å². The maximum atomic E-state index is 12.5. The van der Waals surface area contributed by atoms with Crippen LogP contribution in [0.1, 0.15) is 47.2 Å². The number of amides is 1. The second-order valence-corrected chi connectivity index (χ2v) is 6.21. The van der Waals surface area contributed by atoms with Crippen LogP contribution in [0.4, 0.5) is 0 Å². The fourth-order valence-electron chi connectivity index (χ4n) is 3.02. The van der Waals surface area contributed by atoms with Gasteiger partial charge in [-0.25, -0.2) is 0 Å². The van der Waals surface area contributed by atoms with Crippen molar-refractivity contribution in [1.29, 1.82) is 0 Å². The predicted octanol–water partition coefficient (Wildman–Crippen LogP) is 3.43. The van der Waals surface area contributed by atoms with Crippen molar-refractivity contribution in [2.24, 2.45) is 0 Å². The average molecular weight is 325 g/mol. The summed E-state index contributed by atoms with van der Waals surface area (Å²) in [7, 11) is 0. The zero-order valence-corrected chi connectivity index (χ0v) is 13.7. The Labute approximate surface area is 142 Å². The fraction of sp³-hybridized carbons (Fsp3) is 0.350. The van der Waals surface area contributed by atoms with Gasteiger partial charge in [-0.1, -0.05) is 49.2 Å². The standard InChI is InChI=1S/C20H23NO3/c22-13-15-9-11-16(12-10-15)14-24-19-8-4-3-7-18(19)20(23)21-17-5-1-2-6-17/h3-4,7-12,17,22H,1-2,5-6,13-14H2,(H,21,23). The van der Waals surface area contributed by atoms with Gasteiger partial charge in [-0.05, 0) is 36.1 Å². The van der Waals surface area contributed by atoms with Crippen LogP contribution < -0.4 is 10.1 Å². The van der Waals surface area contributed by atoms with Gasteiger partial charge in [-0.2, -0.15) is 0 Å². The first kappa shape index (κ1) is 16.5. The van der Waals surface area contributed by atoms with Gasteiger partial charge < -0.3 is 15.2 Å². The molecule has 126 valence electrons. The van der Waals surface area contributed by atoms with E-state index < -0.39 is 0 Å². The molecule has 0 unspecified atom stereocenters. The Hall–Kier alpha value is -2.33. The van der Waals surface area contributed by atoms with Crippen molar-refractivity contribution < 1.29 is 14.6 Å². The SMILES string of the molecule is O=C(NC1CCCC1)c1ccccc1OCc1ccc(CO)cc1. The first-order chi connectivity index (χ1) is 11.8. The molecule has 2 aromatic rings. The summed E-state index contributed by atoms with van der Waals surface area (Å²) in [6, 6.07) is 15.2. The molecule has 24 heavy (non-hydrogen) atoms. The highest BCUT2D eigenvalue weighted by Crippen LogP contribution is 2.22. The normalized spacial score (nSPS) is 14.5. The van der Waals surface area contributed by atoms with E-state index in [1.54, 1.807) is 6.07 Å². The lowest BCUT2D eigenvalue weighted by Crippen LogP contribution is -2.32. The molecule has 3 rings (SSSR count). The molecule has 0 aliphatic heterocycles. The van der Waals surface area contributed by atoms with Crippen molar-refractivity contribution in [1.82, 2.24) is 5.32 Å². The molecule has 0 spiro atoms. The molecule has 1 aliphatic rings. The fourth-order valence-corrected chi connectivity index (χ4v) is 3.02. The van der Waals surface area contributed by atoms with E-state index in [9.17, 15) is 4.79 Å². The Morgan fingerprint density at radius 3 is 2.42 bits per heavy atom. The van der Waals surface area contributed by atoms with E-state index in [1.165, 1.54) is 12.8 Å². The average Bonchev–Trinajstić information content (AvgIpc) is 3.13. The molecule has 0 radical (unpaired) electrons. The van der Waals surface area contributed by atoms with Gasteiger partial charge in [0, 0.05) is 6.04 Å². The minimum absolute atomic E-state index is 0.0330. The number of benzene rings is 2. The molecule has 1 fully saturated rings. The zero-order chi connectivity index (χ0) is 16.8. The highest BCUT2D eigenvalue weighted by molar-refractivity contribution is 5.97. The Morgan fingerprint density at radius 1 is 1.04 bits per heavy atom. The van der Waals surface area contributed by atoms with Gasteiger partial charge in [-0.3, -0.25) is 4.79 Å². The second kappa shape index (κ2) is 7.97. The van der Waals surface area contributed by atoms with E-state index in [2.05, 4.69) is 5.32 Å². The monoisotopic (exact) mass is 325 g/mol. The maximum absolute atomic E-state index is 12.5. The molecular weight excluding hydrogens is 302 g/mol. The summed E-state index contributed by atoms with van der Waals surface area (Å²) >= 11 is 0. The van der Waals surface area contributed by atoms with Gasteiger partial charge in [0.2, 0.25) is 0 Å². The Kier molecular flexibility index (Phi) is 5.49. The summed E-state index contributed by atoms with van der Waals surface area (Å²) in [6.07, 6.45) is 4.50. The number of ether oxygens (including phenoxy) is 1. The van der Waals surface area contributed by atoms with Crippen LogP contribution >= 0.6 is 0 Å². The quantitative estimate of drug-likeness (QED) is 0.855. The van der Waals surface area contributed by atoms with Gasteiger partial charge >= 0.3 is 0 Å². The lowest BCUT2D eigenvalue weighted by Gasteiger charge is -2.15. The molecule has 4 heteroatoms. The number of rotatable bonds is 6. The van der Waals surface area contributed by atoms with Crippen LogP contribution in [0, 0.1) is 0 Å². The third kappa shape index (κ3) is 4.15. The molecule has 4 nitrogen and oxygen atoms in total. The van der Waals surface area contributed by atoms with E-state index in [0.717, 1.165) is 24.0 Å². The molecule has 2 N–H and O–H groups in total. The molecule has 0 aromatic heterocycles. The highest BCUT2D eigenvalue weighted by atomic mass is 16.5. The summed E-state index contributed by atoms with van der Waals surface area (Å²) in [6.45, 7) is 0.421. The van der Waals surface area contributed by atoms with Crippen LogP contribution in [-0.2, 0) is 13.2 Å². The van der Waals surface area contributed by atoms with Crippen LogP contribution in [0.2, 0.25) is 0 Å². The third-order valence-corrected chi connectivity index (χ3v) is 4.42. The van der Waals surface area contributed by atoms with Gasteiger partial charge in [0.1, 0.15) is 12.4 Å². The molecular formula is C20H23NO3. The van der Waals surface area contributed by atoms with E-state index in [-0.39, 0.29) is 18.6 Å². The number of hydrogen-bond acceptors (Lipinski definition) is 3. The molecule has 0 heterocycles. The molecule has 0 saturated heterocycles. The first-order valence-corrected chi connectivity index (χ1v) is 8.47. The molecule has 2 aromatic carbocycles. The summed E-state index contributed by atoms with van der Waals surface area (Å²) in [4.78, 5) is 12.5. The van der Waals surface area contributed by atoms with Gasteiger partial charge in [-0.15, -0.1) is 0 Å². The first-order valence-electron chi connectivity index (χ1n) is 8.47. The number of nitrogens with one attached hydrogen (secondary N) is 1. The number of aliphatic hydroxyl groups excluding tert-OH is 1. The van der Waals surface area contributed by atoms with Gasteiger partial charge in [0.25, 0.3) is 5.91 Å². The topological polar surface area (TPSA) is 58.6 Å². The Bertz CT molecular complexity index is 676. The minimum atomic E-state index is -0.0619. The third-order valence-electron chi connectivity index (χ3n) is 4.42. The molecule has 1 amide bonds. The van der Waals surface area contributed by atoms with Gasteiger partial charge in [0.05, 0.1) is 12.2 Å². The predicted molar refractivity (Wildman–Crippen MR) is 92.9 cm³/mol. The Morgan fingerprint density at radius 2 is 1.71 bits per heavy atom. The van der Waals surface area contributed by atoms with Crippen LogP contribution in [0.3, 0.4) is 0 Å². The van der Waals surface area contributed by atoms with Crippen molar-refractivity contribution in [2.75, 3.05) is 0 Å². The number of para-hydroxylation sites is 1. The lowest BCUT2D eigenvalue weighted by molar-refractivity contribution is 0.0933. The molecule has 0 bridgehead atoms. The van der Waals surface area contributed by atoms with E-state index >= 15 is 0 Å². The van der Waals surface area contributed by atoms with Crippen LogP contribution in [-0.4, -0.2) is 17.1 Å². The summed E-state index contributed by atoms with van der Waals surface area (Å²) in [5, 5.41) is 12.2. The van der Waals surface area contributed by atoms with Crippen molar-refractivity contribution in [3.8, 4) is 5.75 Å². The molecule has 0 atom stereocenters. The van der Waals surface area contributed by atoms with E-state index in [4.69, 9.17) is 9.84 Å². The van der Waals surface area contributed by atoms with Crippen molar-refractivity contribution in [3.63, 3.8) is 0 Å². The number of carbonyl (C=O) groups excluding carboxylic acids is 1. The summed E-state index contributed by atoms with van der Waals surface area (Å²) in [5.41, 5.74) is 2.45. The Balaban J connectivity index is 1.65. The van der Waals surface area contributed by atoms with Crippen molar-refractivity contribution in [3.05, 3.63) is 65.2 Å². The smallest absolute Gasteiger partial charge is 0.255 e. The molecule has 1 aliphatic carbocycles. The highest BCUT2D eigenvalue weighted by Gasteiger charge is 2.19. The maximum Gasteiger partial charge on any atom is 0.255 e. The largest absolute Gasteiger partial charge is 0.488 e. The lowest BCUT2D eigenvalue weighted by atomic mass is 10.1. The zero-order valence-electron chi connectivity index (χ0n) is 13.7. The van der Waals surface area contributed by atoms with Crippen LogP contribution in [0.5, 0.6) is 5.75 Å². The second-order valence-electron chi connectivity index (χ2n) is 6.21. The van der Waals surface area contributed by atoms with Crippen LogP contribution in [0.15, 0.2) is 48.5 Å². The van der Waals surface area contributed by atoms with Crippen molar-refractivity contribution in [2.45, 2.75) is 44.9 Å². The minimum Gasteiger partial charge on any atom is -0.488 e. The number of aliphatic hydroxyl groups is 1. The molecule has 1 saturated carbocycles. The summed E-state index contributed by atoms with van der Waals surface area (Å²) in [5.74, 6) is 0.535. The summed E-state index contributed by atoms with van der Waals surface area (Å²) < 4.78 is 5.86. The number of carbonyl (C=O) groups is 1. The van der Waals surface area contributed by atoms with Crippen molar-refractivity contribution >= 4 is 5.91 Å². The van der Waals surface area contributed by atoms with E-state index in [1.807, 2.05) is 42.5 Å².